The van der Waals surface area contributed by atoms with Crippen molar-refractivity contribution in [2.45, 2.75) is 27.2 Å². The molecule has 0 N–H and O–H groups in total. The molecule has 0 atom stereocenters. The van der Waals surface area contributed by atoms with Crippen molar-refractivity contribution in [3.05, 3.63) is 24.8 Å². The van der Waals surface area contributed by atoms with Crippen molar-refractivity contribution in [1.29, 1.82) is 0 Å². The van der Waals surface area contributed by atoms with Gasteiger partial charge in [-0.25, -0.2) is 0 Å². The van der Waals surface area contributed by atoms with Gasteiger partial charge in [-0.1, -0.05) is 0 Å². The van der Waals surface area contributed by atoms with Gasteiger partial charge in [0.05, 0.1) is 0 Å². The van der Waals surface area contributed by atoms with Crippen LogP contribution >= 0.6 is 0 Å². The van der Waals surface area contributed by atoms with Gasteiger partial charge in [-0.15, -0.1) is 0 Å². The standard InChI is InChI=1S/C10H16.W/c1-5-6-7-8-9-10(2,3)4;/h5-7H,1,9H2,2-4H3;. The van der Waals surface area contributed by atoms with Gasteiger partial charge in [0.1, 0.15) is 0 Å². The summed E-state index contributed by atoms with van der Waals surface area (Å²) < 4.78 is 1.50. The minimum atomic E-state index is 0.419. The molecule has 62 valence electrons. The van der Waals surface area contributed by atoms with Crippen LogP contribution in [-0.4, -0.2) is 3.90 Å². The predicted octanol–water partition coefficient (Wildman–Crippen LogP) is 2.88. The molecule has 0 aliphatic heterocycles. The Hall–Kier alpha value is 0.0383. The third-order valence-electron chi connectivity index (χ3n) is 1.12. The Balaban J connectivity index is 3.89. The van der Waals surface area contributed by atoms with Crippen LogP contribution < -0.4 is 0 Å². The van der Waals surface area contributed by atoms with E-state index in [1.165, 1.54) is 10.3 Å². The van der Waals surface area contributed by atoms with Crippen molar-refractivity contribution < 1.29 is 19.4 Å². The molecule has 11 heavy (non-hydrogen) atoms. The van der Waals surface area contributed by atoms with Crippen molar-refractivity contribution in [3.63, 3.8) is 0 Å². The van der Waals surface area contributed by atoms with E-state index in [4.69, 9.17) is 0 Å². The molecule has 0 aromatic rings. The van der Waals surface area contributed by atoms with Crippen LogP contribution in [0.2, 0.25) is 0 Å². The molecule has 0 amide bonds. The van der Waals surface area contributed by atoms with Gasteiger partial charge in [-0.2, -0.15) is 0 Å². The van der Waals surface area contributed by atoms with Crippen molar-refractivity contribution in [2.75, 3.05) is 0 Å². The summed E-state index contributed by atoms with van der Waals surface area (Å²) in [4.78, 5) is 0. The summed E-state index contributed by atoms with van der Waals surface area (Å²) in [5.74, 6) is 0. The van der Waals surface area contributed by atoms with Crippen LogP contribution in [0.5, 0.6) is 0 Å². The first-order chi connectivity index (χ1) is 4.95. The molecule has 0 aliphatic rings. The fourth-order valence-electron chi connectivity index (χ4n) is 0.757. The molecule has 0 saturated heterocycles. The molecule has 0 aromatic heterocycles. The quantitative estimate of drug-likeness (QED) is 0.702. The molecule has 0 bridgehead atoms. The number of hydrogen-bond donors (Lipinski definition) is 0. The van der Waals surface area contributed by atoms with E-state index in [-0.39, 0.29) is 0 Å². The van der Waals surface area contributed by atoms with Crippen LogP contribution in [0.4, 0.5) is 0 Å². The minimum absolute atomic E-state index is 0.419. The number of hydrogen-bond acceptors (Lipinski definition) is 0. The van der Waals surface area contributed by atoms with E-state index in [2.05, 4.69) is 33.4 Å². The molecule has 0 spiro atoms. The zero-order valence-electron chi connectivity index (χ0n) is 7.55. The van der Waals surface area contributed by atoms with Crippen molar-refractivity contribution in [3.8, 4) is 0 Å². The number of rotatable bonds is 3. The molecule has 0 radical (unpaired) electrons. The zero-order chi connectivity index (χ0) is 8.91. The summed E-state index contributed by atoms with van der Waals surface area (Å²) in [7, 11) is 0. The Kier molecular flexibility index (Phi) is 4.84. The van der Waals surface area contributed by atoms with E-state index in [9.17, 15) is 0 Å². The van der Waals surface area contributed by atoms with E-state index in [1.54, 1.807) is 19.4 Å². The fourth-order valence-corrected chi connectivity index (χ4v) is 2.59. The first-order valence-electron chi connectivity index (χ1n) is 3.77. The summed E-state index contributed by atoms with van der Waals surface area (Å²) in [6.45, 7) is 10.4. The van der Waals surface area contributed by atoms with E-state index in [1.807, 2.05) is 12.2 Å². The average Bonchev–Trinajstić information content (AvgIpc) is 1.79. The van der Waals surface area contributed by atoms with Crippen LogP contribution in [0.3, 0.4) is 0 Å². The summed E-state index contributed by atoms with van der Waals surface area (Å²) in [6.07, 6.45) is 7.18. The Labute approximate surface area is 80.8 Å². The summed E-state index contributed by atoms with van der Waals surface area (Å²) in [5, 5.41) is 0. The molecule has 0 aliphatic carbocycles. The number of allylic oxidation sites excluding steroid dienone is 3. The molecule has 0 unspecified atom stereocenters. The Bertz CT molecular complexity index is 170. The summed E-state index contributed by atoms with van der Waals surface area (Å²) in [6, 6.07) is 0. The molecule has 1 heteroatoms. The van der Waals surface area contributed by atoms with Gasteiger partial charge in [0.25, 0.3) is 0 Å². The van der Waals surface area contributed by atoms with E-state index in [0.29, 0.717) is 5.41 Å². The van der Waals surface area contributed by atoms with Crippen LogP contribution in [0.1, 0.15) is 27.2 Å². The normalized spacial score (nSPS) is 11.9. The average molecular weight is 320 g/mol. The fraction of sp³-hybridized carbons (Fsp3) is 0.500. The predicted molar refractivity (Wildman–Crippen MR) is 48.4 cm³/mol. The monoisotopic (exact) mass is 320 g/mol. The molecular formula is C10H16W. The van der Waals surface area contributed by atoms with Gasteiger partial charge in [0.2, 0.25) is 0 Å². The first-order valence-corrected chi connectivity index (χ1v) is 5.24. The Morgan fingerprint density at radius 3 is 2.36 bits per heavy atom. The summed E-state index contributed by atoms with van der Waals surface area (Å²) >= 11 is 1.56. The van der Waals surface area contributed by atoms with Gasteiger partial charge >= 0.3 is 80.7 Å². The zero-order valence-corrected chi connectivity index (χ0v) is 10.5. The SMILES string of the molecule is C=CC=C[C](=[W])CC(C)(C)C. The van der Waals surface area contributed by atoms with Gasteiger partial charge < -0.3 is 0 Å². The maximum atomic E-state index is 3.64. The van der Waals surface area contributed by atoms with Gasteiger partial charge in [-0.3, -0.25) is 0 Å². The topological polar surface area (TPSA) is 0 Å². The van der Waals surface area contributed by atoms with Crippen LogP contribution in [0, 0.1) is 5.41 Å². The molecule has 0 heterocycles. The summed E-state index contributed by atoms with van der Waals surface area (Å²) in [5.41, 5.74) is 0.419. The van der Waals surface area contributed by atoms with Gasteiger partial charge in [0, 0.05) is 0 Å². The molecule has 0 saturated carbocycles. The van der Waals surface area contributed by atoms with Crippen LogP contribution in [0.15, 0.2) is 24.8 Å². The van der Waals surface area contributed by atoms with E-state index < -0.39 is 0 Å². The van der Waals surface area contributed by atoms with Crippen molar-refractivity contribution >= 4 is 3.90 Å². The van der Waals surface area contributed by atoms with Crippen molar-refractivity contribution in [1.82, 2.24) is 0 Å². The Morgan fingerprint density at radius 1 is 1.45 bits per heavy atom. The molecule has 0 rings (SSSR count). The molecule has 0 aromatic carbocycles. The molecule has 0 nitrogen and oxygen atoms in total. The second kappa shape index (κ2) is 4.82. The molecule has 0 fully saturated rings. The second-order valence-corrected chi connectivity index (χ2v) is 5.68. The van der Waals surface area contributed by atoms with E-state index in [0.717, 1.165) is 0 Å². The van der Waals surface area contributed by atoms with Crippen LogP contribution in [0.25, 0.3) is 0 Å². The van der Waals surface area contributed by atoms with Gasteiger partial charge in [0.15, 0.2) is 0 Å². The maximum absolute atomic E-state index is 3.64. The second-order valence-electron chi connectivity index (χ2n) is 3.80. The molecular weight excluding hydrogens is 304 g/mol. The van der Waals surface area contributed by atoms with Crippen LogP contribution in [-0.2, 0) is 19.4 Å². The third-order valence-corrected chi connectivity index (χ3v) is 2.13. The van der Waals surface area contributed by atoms with Crippen molar-refractivity contribution in [2.24, 2.45) is 5.41 Å². The van der Waals surface area contributed by atoms with Gasteiger partial charge in [-0.05, 0) is 0 Å². The van der Waals surface area contributed by atoms with E-state index >= 15 is 0 Å². The Morgan fingerprint density at radius 2 is 2.00 bits per heavy atom. The first kappa shape index (κ1) is 11.0. The third kappa shape index (κ3) is 7.94.